The summed E-state index contributed by atoms with van der Waals surface area (Å²) in [4.78, 5) is 8.61. The second-order valence-corrected chi connectivity index (χ2v) is 9.18. The van der Waals surface area contributed by atoms with Crippen molar-refractivity contribution in [1.29, 1.82) is 0 Å². The maximum Gasteiger partial charge on any atom is 0.125 e. The molecule has 0 aliphatic carbocycles. The van der Waals surface area contributed by atoms with Crippen molar-refractivity contribution in [3.8, 4) is 39.4 Å². The number of nitrogens with zero attached hydrogens (tertiary/aromatic N) is 2. The van der Waals surface area contributed by atoms with Gasteiger partial charge in [0.25, 0.3) is 0 Å². The van der Waals surface area contributed by atoms with Crippen LogP contribution in [0.1, 0.15) is 23.5 Å². The standard InChI is InChI=1S/C24H20N.C11H8FNO.Ir/c1-16-11-17(2)13-21(12-16)24-23-14-18(3)22(15-20(23)9-10-25-24)19-7-5-4-6-8-19;12-8-4-5-11(14)9(7-8)10-3-1-2-6-13-10;/h4-12,14-15H,1-3H3;1-7,14H;/q-1;;/i4D,5D,6D,7D,8D;;. The Hall–Kier alpha value is -4.18. The van der Waals surface area contributed by atoms with Gasteiger partial charge in [-0.2, -0.15) is 0 Å². The summed E-state index contributed by atoms with van der Waals surface area (Å²) in [6, 6.07) is 20.8. The zero-order valence-electron chi connectivity index (χ0n) is 27.1. The third-order valence-corrected chi connectivity index (χ3v) is 6.18. The van der Waals surface area contributed by atoms with Gasteiger partial charge in [0.2, 0.25) is 0 Å². The molecule has 6 rings (SSSR count). The Morgan fingerprint density at radius 2 is 1.62 bits per heavy atom. The van der Waals surface area contributed by atoms with Crippen molar-refractivity contribution in [2.24, 2.45) is 0 Å². The van der Waals surface area contributed by atoms with E-state index < -0.39 is 0 Å². The molecule has 201 valence electrons. The number of fused-ring (bicyclic) bond motifs is 1. The number of hydrogen-bond acceptors (Lipinski definition) is 3. The van der Waals surface area contributed by atoms with Gasteiger partial charge in [-0.05, 0) is 82.5 Å². The smallest absolute Gasteiger partial charge is 0.125 e. The van der Waals surface area contributed by atoms with Gasteiger partial charge in [-0.1, -0.05) is 56.2 Å². The number of pyridine rings is 2. The van der Waals surface area contributed by atoms with Crippen molar-refractivity contribution < 1.29 is 36.5 Å². The number of aromatic nitrogens is 2. The molecular weight excluding hydrogens is 676 g/mol. The third kappa shape index (κ3) is 6.51. The maximum absolute atomic E-state index is 12.9. The van der Waals surface area contributed by atoms with E-state index in [1.165, 1.54) is 18.2 Å². The number of phenolic OH excluding ortho intramolecular Hbond substituents is 1. The number of phenols is 1. The molecule has 0 saturated heterocycles. The van der Waals surface area contributed by atoms with Gasteiger partial charge in [0.05, 0.1) is 12.5 Å². The summed E-state index contributed by atoms with van der Waals surface area (Å²) in [6.45, 7) is 5.93. The van der Waals surface area contributed by atoms with Crippen LogP contribution in [0.25, 0.3) is 44.4 Å². The van der Waals surface area contributed by atoms with E-state index in [0.29, 0.717) is 16.8 Å². The van der Waals surface area contributed by atoms with E-state index in [-0.39, 0.29) is 67.4 Å². The molecule has 5 heteroatoms. The van der Waals surface area contributed by atoms with Crippen LogP contribution < -0.4 is 0 Å². The molecule has 0 unspecified atom stereocenters. The van der Waals surface area contributed by atoms with E-state index in [1.54, 1.807) is 30.6 Å². The normalized spacial score (nSPS) is 12.2. The maximum atomic E-state index is 12.9. The Balaban J connectivity index is 0.000000258. The number of aromatic hydroxyl groups is 1. The number of aryl methyl sites for hydroxylation is 3. The van der Waals surface area contributed by atoms with Gasteiger partial charge in [-0.25, -0.2) is 4.39 Å². The van der Waals surface area contributed by atoms with E-state index >= 15 is 0 Å². The average Bonchev–Trinajstić information content (AvgIpc) is 3.00. The van der Waals surface area contributed by atoms with Gasteiger partial charge < -0.3 is 10.1 Å². The van der Waals surface area contributed by atoms with E-state index in [0.717, 1.165) is 38.7 Å². The van der Waals surface area contributed by atoms with Gasteiger partial charge in [0.15, 0.2) is 0 Å². The molecule has 2 aromatic heterocycles. The van der Waals surface area contributed by atoms with Crippen molar-refractivity contribution in [3.05, 3.63) is 138 Å². The summed E-state index contributed by atoms with van der Waals surface area (Å²) in [5.74, 6) is -0.353. The Bertz CT molecular complexity index is 1990. The van der Waals surface area contributed by atoms with E-state index in [4.69, 9.17) is 6.85 Å². The minimum absolute atomic E-state index is 0. The largest absolute Gasteiger partial charge is 0.507 e. The van der Waals surface area contributed by atoms with E-state index in [2.05, 4.69) is 22.1 Å². The zero-order valence-corrected chi connectivity index (χ0v) is 24.5. The minimum atomic E-state index is -0.386. The summed E-state index contributed by atoms with van der Waals surface area (Å²) < 4.78 is 53.3. The van der Waals surface area contributed by atoms with E-state index in [1.807, 2.05) is 45.0 Å². The van der Waals surface area contributed by atoms with Crippen molar-refractivity contribution in [2.45, 2.75) is 20.8 Å². The number of rotatable bonds is 3. The van der Waals surface area contributed by atoms with Crippen molar-refractivity contribution in [3.63, 3.8) is 0 Å². The van der Waals surface area contributed by atoms with Crippen LogP contribution in [-0.4, -0.2) is 15.1 Å². The Morgan fingerprint density at radius 1 is 0.825 bits per heavy atom. The minimum Gasteiger partial charge on any atom is -0.507 e. The van der Waals surface area contributed by atoms with E-state index in [9.17, 15) is 9.50 Å². The van der Waals surface area contributed by atoms with Crippen LogP contribution in [0.3, 0.4) is 0 Å². The molecule has 40 heavy (non-hydrogen) atoms. The van der Waals surface area contributed by atoms with Gasteiger partial charge in [0, 0.05) is 38.1 Å². The van der Waals surface area contributed by atoms with Crippen LogP contribution in [0.5, 0.6) is 5.75 Å². The molecule has 0 atom stereocenters. The van der Waals surface area contributed by atoms with Crippen molar-refractivity contribution in [1.82, 2.24) is 9.97 Å². The average molecular weight is 709 g/mol. The molecule has 0 aliphatic rings. The predicted octanol–water partition coefficient (Wildman–Crippen LogP) is 8.89. The Labute approximate surface area is 254 Å². The summed E-state index contributed by atoms with van der Waals surface area (Å²) in [6.07, 6.45) is 3.32. The summed E-state index contributed by atoms with van der Waals surface area (Å²) in [5, 5.41) is 11.3. The third-order valence-electron chi connectivity index (χ3n) is 6.18. The van der Waals surface area contributed by atoms with Crippen LogP contribution in [0.15, 0.2) is 109 Å². The fraction of sp³-hybridized carbons (Fsp3) is 0.0857. The number of halogens is 1. The van der Waals surface area contributed by atoms with Gasteiger partial charge >= 0.3 is 0 Å². The molecule has 0 spiro atoms. The van der Waals surface area contributed by atoms with Crippen molar-refractivity contribution in [2.75, 3.05) is 0 Å². The first-order valence-corrected chi connectivity index (χ1v) is 12.3. The summed E-state index contributed by atoms with van der Waals surface area (Å²) >= 11 is 0. The molecule has 3 nitrogen and oxygen atoms in total. The molecule has 6 aromatic rings. The number of benzene rings is 4. The van der Waals surface area contributed by atoms with Gasteiger partial charge in [0.1, 0.15) is 11.6 Å². The molecule has 0 aliphatic heterocycles. The Morgan fingerprint density at radius 3 is 2.35 bits per heavy atom. The van der Waals surface area contributed by atoms with Crippen LogP contribution in [0.4, 0.5) is 4.39 Å². The van der Waals surface area contributed by atoms with Gasteiger partial charge in [-0.3, -0.25) is 4.98 Å². The second-order valence-electron chi connectivity index (χ2n) is 9.18. The van der Waals surface area contributed by atoms with Crippen LogP contribution in [0, 0.1) is 32.7 Å². The quantitative estimate of drug-likeness (QED) is 0.187. The monoisotopic (exact) mass is 709 g/mol. The number of hydrogen-bond donors (Lipinski definition) is 1. The molecular formula is C35H28FIrN2O-. The van der Waals surface area contributed by atoms with Crippen LogP contribution >= 0.6 is 0 Å². The summed E-state index contributed by atoms with van der Waals surface area (Å²) in [7, 11) is 0. The van der Waals surface area contributed by atoms with Crippen LogP contribution in [0.2, 0.25) is 0 Å². The van der Waals surface area contributed by atoms with Gasteiger partial charge in [-0.15, -0.1) is 34.9 Å². The molecule has 1 N–H and O–H groups in total. The summed E-state index contributed by atoms with van der Waals surface area (Å²) in [5.41, 5.74) is 6.53. The molecule has 4 aromatic carbocycles. The SMILES string of the molecule is Oc1ccc(F)cc1-c1ccccn1.[2H]c1c([2H])c([2H])c(-c2cc3ccnc(-c4[c-]c(C)cc(C)c4)c3cc2C)c([2H])c1[2H].[Ir]. The first-order chi connectivity index (χ1) is 21.0. The first-order valence-electron chi connectivity index (χ1n) is 14.8. The Kier molecular flexibility index (Phi) is 7.23. The molecule has 1 radical (unpaired) electrons. The first kappa shape index (κ1) is 22.6. The zero-order chi connectivity index (χ0) is 31.7. The fourth-order valence-corrected chi connectivity index (χ4v) is 4.46. The predicted molar refractivity (Wildman–Crippen MR) is 157 cm³/mol. The fourth-order valence-electron chi connectivity index (χ4n) is 4.46. The molecule has 2 heterocycles. The van der Waals surface area contributed by atoms with Crippen molar-refractivity contribution >= 4 is 10.8 Å². The molecule has 0 bridgehead atoms. The topological polar surface area (TPSA) is 46.0 Å². The molecule has 0 amide bonds. The molecule has 0 saturated carbocycles. The molecule has 0 fully saturated rings. The van der Waals surface area contributed by atoms with Crippen LogP contribution in [-0.2, 0) is 20.1 Å². The second kappa shape index (κ2) is 12.8.